The average Bonchev–Trinajstić information content (AvgIpc) is 3.01. The molecule has 1 aromatic carbocycles. The molecule has 0 radical (unpaired) electrons. The Morgan fingerprint density at radius 3 is 2.65 bits per heavy atom. The van der Waals surface area contributed by atoms with Gasteiger partial charge in [0.2, 0.25) is 15.9 Å². The zero-order chi connectivity index (χ0) is 16.9. The van der Waals surface area contributed by atoms with E-state index in [1.165, 1.54) is 27.4 Å². The number of rotatable bonds is 7. The lowest BCUT2D eigenvalue weighted by Gasteiger charge is -2.18. The Morgan fingerprint density at radius 1 is 1.30 bits per heavy atom. The predicted molar refractivity (Wildman–Crippen MR) is 83.0 cm³/mol. The summed E-state index contributed by atoms with van der Waals surface area (Å²) in [6.07, 6.45) is 1.32. The Hall–Kier alpha value is -2.33. The van der Waals surface area contributed by atoms with Gasteiger partial charge in [0.1, 0.15) is 12.9 Å². The summed E-state index contributed by atoms with van der Waals surface area (Å²) in [4.78, 5) is 12.0. The van der Waals surface area contributed by atoms with Crippen molar-refractivity contribution in [3.05, 3.63) is 30.6 Å². The van der Waals surface area contributed by atoms with Crippen molar-refractivity contribution < 1.29 is 13.2 Å². The van der Waals surface area contributed by atoms with Crippen LogP contribution in [0.3, 0.4) is 0 Å². The molecule has 0 saturated carbocycles. The minimum absolute atomic E-state index is 0.0555. The summed E-state index contributed by atoms with van der Waals surface area (Å²) in [5, 5.41) is 13.1. The fourth-order valence-electron chi connectivity index (χ4n) is 2.05. The molecule has 0 spiro atoms. The number of amides is 1. The summed E-state index contributed by atoms with van der Waals surface area (Å²) in [6, 6.07) is 6.15. The van der Waals surface area contributed by atoms with E-state index >= 15 is 0 Å². The van der Waals surface area contributed by atoms with Crippen molar-refractivity contribution >= 4 is 21.6 Å². The van der Waals surface area contributed by atoms with Crippen LogP contribution in [-0.4, -0.2) is 51.9 Å². The van der Waals surface area contributed by atoms with Crippen molar-refractivity contribution in [1.82, 2.24) is 24.5 Å². The Kier molecular flexibility index (Phi) is 5.40. The SMILES string of the molecule is CCN(CC)S(=O)(=O)c1cccc(NC(=O)Cn2cnnn2)c1. The van der Waals surface area contributed by atoms with Crippen molar-refractivity contribution in [3.8, 4) is 0 Å². The van der Waals surface area contributed by atoms with E-state index in [0.717, 1.165) is 0 Å². The van der Waals surface area contributed by atoms with Gasteiger partial charge >= 0.3 is 0 Å². The molecule has 0 unspecified atom stereocenters. The fraction of sp³-hybridized carbons (Fsp3) is 0.385. The molecule has 0 aliphatic rings. The van der Waals surface area contributed by atoms with Gasteiger partial charge < -0.3 is 5.32 Å². The number of nitrogens with zero attached hydrogens (tertiary/aromatic N) is 5. The molecular formula is C13H18N6O3S. The van der Waals surface area contributed by atoms with Crippen LogP contribution in [0, 0.1) is 0 Å². The molecule has 1 aromatic heterocycles. The lowest BCUT2D eigenvalue weighted by Crippen LogP contribution is -2.30. The van der Waals surface area contributed by atoms with Gasteiger partial charge in [-0.1, -0.05) is 19.9 Å². The van der Waals surface area contributed by atoms with Gasteiger partial charge in [0.05, 0.1) is 4.90 Å². The van der Waals surface area contributed by atoms with E-state index in [4.69, 9.17) is 0 Å². The normalized spacial score (nSPS) is 11.6. The summed E-state index contributed by atoms with van der Waals surface area (Å²) >= 11 is 0. The van der Waals surface area contributed by atoms with Gasteiger partial charge in [-0.2, -0.15) is 4.31 Å². The maximum Gasteiger partial charge on any atom is 0.246 e. The second-order valence-electron chi connectivity index (χ2n) is 4.67. The molecule has 10 heteroatoms. The number of hydrogen-bond donors (Lipinski definition) is 1. The zero-order valence-electron chi connectivity index (χ0n) is 12.9. The minimum Gasteiger partial charge on any atom is -0.324 e. The number of sulfonamides is 1. The average molecular weight is 338 g/mol. The lowest BCUT2D eigenvalue weighted by molar-refractivity contribution is -0.116. The zero-order valence-corrected chi connectivity index (χ0v) is 13.7. The van der Waals surface area contributed by atoms with E-state index in [9.17, 15) is 13.2 Å². The second-order valence-corrected chi connectivity index (χ2v) is 6.61. The number of hydrogen-bond acceptors (Lipinski definition) is 6. The summed E-state index contributed by atoms with van der Waals surface area (Å²) < 4.78 is 27.6. The number of tetrazole rings is 1. The molecule has 23 heavy (non-hydrogen) atoms. The van der Waals surface area contributed by atoms with Gasteiger partial charge in [-0.15, -0.1) is 5.10 Å². The molecular weight excluding hydrogens is 320 g/mol. The maximum absolute atomic E-state index is 12.5. The number of nitrogens with one attached hydrogen (secondary N) is 1. The highest BCUT2D eigenvalue weighted by Crippen LogP contribution is 2.19. The molecule has 0 aliphatic carbocycles. The lowest BCUT2D eigenvalue weighted by atomic mass is 10.3. The standard InChI is InChI=1S/C13H18N6O3S/c1-3-19(4-2)23(21,22)12-7-5-6-11(8-12)15-13(20)9-18-10-14-16-17-18/h5-8,10H,3-4,9H2,1-2H3,(H,15,20). The highest BCUT2D eigenvalue weighted by Gasteiger charge is 2.21. The van der Waals surface area contributed by atoms with Gasteiger partial charge in [-0.25, -0.2) is 13.1 Å². The van der Waals surface area contributed by atoms with Gasteiger partial charge in [0.25, 0.3) is 0 Å². The van der Waals surface area contributed by atoms with Crippen molar-refractivity contribution in [2.45, 2.75) is 25.3 Å². The Labute approximate surface area is 134 Å². The van der Waals surface area contributed by atoms with Crippen LogP contribution >= 0.6 is 0 Å². The molecule has 2 aromatic rings. The van der Waals surface area contributed by atoms with Crippen LogP contribution in [0.1, 0.15) is 13.8 Å². The first-order valence-corrected chi connectivity index (χ1v) is 8.52. The first-order chi connectivity index (χ1) is 11.0. The Balaban J connectivity index is 2.15. The van der Waals surface area contributed by atoms with Gasteiger partial charge in [-0.3, -0.25) is 4.79 Å². The molecule has 2 rings (SSSR count). The van der Waals surface area contributed by atoms with Gasteiger partial charge in [0, 0.05) is 18.8 Å². The highest BCUT2D eigenvalue weighted by molar-refractivity contribution is 7.89. The van der Waals surface area contributed by atoms with Gasteiger partial charge in [0.15, 0.2) is 0 Å². The molecule has 124 valence electrons. The molecule has 0 atom stereocenters. The van der Waals surface area contributed by atoms with Crippen LogP contribution in [0.25, 0.3) is 0 Å². The van der Waals surface area contributed by atoms with E-state index in [1.807, 2.05) is 0 Å². The van der Waals surface area contributed by atoms with Crippen LogP contribution in [0.5, 0.6) is 0 Å². The first kappa shape index (κ1) is 17.0. The monoisotopic (exact) mass is 338 g/mol. The van der Waals surface area contributed by atoms with Gasteiger partial charge in [-0.05, 0) is 28.6 Å². The number of aromatic nitrogens is 4. The third-order valence-electron chi connectivity index (χ3n) is 3.16. The van der Waals surface area contributed by atoms with Crippen molar-refractivity contribution in [2.24, 2.45) is 0 Å². The molecule has 1 heterocycles. The van der Waals surface area contributed by atoms with Crippen LogP contribution < -0.4 is 5.32 Å². The first-order valence-electron chi connectivity index (χ1n) is 7.08. The van der Waals surface area contributed by atoms with Crippen molar-refractivity contribution in [1.29, 1.82) is 0 Å². The van der Waals surface area contributed by atoms with Crippen LogP contribution in [0.15, 0.2) is 35.5 Å². The number of benzene rings is 1. The van der Waals surface area contributed by atoms with E-state index in [1.54, 1.807) is 26.0 Å². The number of carbonyl (C=O) groups is 1. The van der Waals surface area contributed by atoms with E-state index < -0.39 is 10.0 Å². The number of anilines is 1. The molecule has 9 nitrogen and oxygen atoms in total. The predicted octanol–water partition coefficient (Wildman–Crippen LogP) is 0.342. The second kappa shape index (κ2) is 7.29. The smallest absolute Gasteiger partial charge is 0.246 e. The Bertz CT molecular complexity index is 756. The molecule has 0 bridgehead atoms. The highest BCUT2D eigenvalue weighted by atomic mass is 32.2. The summed E-state index contributed by atoms with van der Waals surface area (Å²) in [7, 11) is -3.56. The molecule has 0 fully saturated rings. The summed E-state index contributed by atoms with van der Waals surface area (Å²) in [6.45, 7) is 4.27. The van der Waals surface area contributed by atoms with Crippen LogP contribution in [0.2, 0.25) is 0 Å². The van der Waals surface area contributed by atoms with Crippen molar-refractivity contribution in [2.75, 3.05) is 18.4 Å². The van der Waals surface area contributed by atoms with Crippen LogP contribution in [0.4, 0.5) is 5.69 Å². The van der Waals surface area contributed by atoms with E-state index in [-0.39, 0.29) is 17.3 Å². The minimum atomic E-state index is -3.56. The quantitative estimate of drug-likeness (QED) is 0.779. The van der Waals surface area contributed by atoms with E-state index in [0.29, 0.717) is 18.8 Å². The Morgan fingerprint density at radius 2 is 2.04 bits per heavy atom. The van der Waals surface area contributed by atoms with Crippen molar-refractivity contribution in [3.63, 3.8) is 0 Å². The van der Waals surface area contributed by atoms with E-state index in [2.05, 4.69) is 20.8 Å². The summed E-state index contributed by atoms with van der Waals surface area (Å²) in [5.41, 5.74) is 0.399. The third-order valence-corrected chi connectivity index (χ3v) is 5.20. The van der Waals surface area contributed by atoms with Crippen LogP contribution in [-0.2, 0) is 21.4 Å². The number of carbonyl (C=O) groups excluding carboxylic acids is 1. The molecule has 1 N–H and O–H groups in total. The molecule has 0 aliphatic heterocycles. The molecule has 0 saturated heterocycles. The maximum atomic E-state index is 12.5. The fourth-order valence-corrected chi connectivity index (χ4v) is 3.55. The largest absolute Gasteiger partial charge is 0.324 e. The summed E-state index contributed by atoms with van der Waals surface area (Å²) in [5.74, 6) is -0.352. The topological polar surface area (TPSA) is 110 Å². The molecule has 1 amide bonds. The third kappa shape index (κ3) is 4.11.